The molecule has 0 spiro atoms. The first kappa shape index (κ1) is 14.7. The number of aryl methyl sites for hydroxylation is 1. The molecule has 106 valence electrons. The van der Waals surface area contributed by atoms with E-state index in [9.17, 15) is 4.79 Å². The maximum Gasteiger partial charge on any atom is 0.270 e. The van der Waals surface area contributed by atoms with E-state index in [0.29, 0.717) is 18.8 Å². The van der Waals surface area contributed by atoms with Crippen molar-refractivity contribution in [2.45, 2.75) is 6.92 Å². The molecule has 0 radical (unpaired) electrons. The third-order valence-corrected chi connectivity index (χ3v) is 3.46. The number of rotatable bonds is 5. The van der Waals surface area contributed by atoms with Gasteiger partial charge in [-0.25, -0.2) is 0 Å². The number of aromatic nitrogens is 1. The number of hydrogen-bond donors (Lipinski definition) is 1. The molecule has 0 saturated carbocycles. The Morgan fingerprint density at radius 2 is 2.15 bits per heavy atom. The zero-order valence-electron chi connectivity index (χ0n) is 11.5. The molecule has 0 aliphatic rings. The van der Waals surface area contributed by atoms with Crippen molar-refractivity contribution in [1.82, 2.24) is 9.88 Å². The monoisotopic (exact) mass is 336 g/mol. The summed E-state index contributed by atoms with van der Waals surface area (Å²) in [5.74, 6) is 0.806. The topological polar surface area (TPSA) is 45.3 Å². The molecular formula is C15H17BrN2O2. The summed E-state index contributed by atoms with van der Waals surface area (Å²) in [7, 11) is 1.76. The molecule has 0 bridgehead atoms. The second kappa shape index (κ2) is 6.61. The van der Waals surface area contributed by atoms with Gasteiger partial charge in [0, 0.05) is 17.7 Å². The summed E-state index contributed by atoms with van der Waals surface area (Å²) in [5, 5.41) is 0. The highest BCUT2D eigenvalue weighted by Crippen LogP contribution is 2.16. The number of nitrogens with one attached hydrogen (secondary N) is 1. The summed E-state index contributed by atoms with van der Waals surface area (Å²) in [4.78, 5) is 16.6. The zero-order chi connectivity index (χ0) is 14.5. The lowest BCUT2D eigenvalue weighted by Gasteiger charge is -2.17. The van der Waals surface area contributed by atoms with E-state index >= 15 is 0 Å². The molecular weight excluding hydrogens is 320 g/mol. The van der Waals surface area contributed by atoms with Gasteiger partial charge in [-0.3, -0.25) is 4.79 Å². The number of ether oxygens (including phenoxy) is 1. The lowest BCUT2D eigenvalue weighted by Crippen LogP contribution is -2.31. The number of H-pyrrole nitrogens is 1. The van der Waals surface area contributed by atoms with E-state index < -0.39 is 0 Å². The molecule has 0 fully saturated rings. The molecule has 1 aromatic heterocycles. The number of carbonyl (C=O) groups is 1. The Balaban J connectivity index is 1.85. The van der Waals surface area contributed by atoms with Gasteiger partial charge in [-0.05, 0) is 40.5 Å². The summed E-state index contributed by atoms with van der Waals surface area (Å²) < 4.78 is 6.55. The fraction of sp³-hybridized carbons (Fsp3) is 0.267. The van der Waals surface area contributed by atoms with E-state index in [1.165, 1.54) is 0 Å². The van der Waals surface area contributed by atoms with Gasteiger partial charge in [-0.15, -0.1) is 0 Å². The van der Waals surface area contributed by atoms with Gasteiger partial charge in [0.15, 0.2) is 0 Å². The highest BCUT2D eigenvalue weighted by atomic mass is 79.9. The number of nitrogens with zero attached hydrogens (tertiary/aromatic N) is 1. The molecule has 0 aliphatic heterocycles. The summed E-state index contributed by atoms with van der Waals surface area (Å²) >= 11 is 3.31. The van der Waals surface area contributed by atoms with Crippen molar-refractivity contribution < 1.29 is 9.53 Å². The first-order valence-corrected chi connectivity index (χ1v) is 7.15. The van der Waals surface area contributed by atoms with Gasteiger partial charge in [-0.1, -0.05) is 18.2 Å². The number of benzene rings is 1. The fourth-order valence-corrected chi connectivity index (χ4v) is 2.15. The van der Waals surface area contributed by atoms with Crippen LogP contribution in [-0.4, -0.2) is 36.0 Å². The average molecular weight is 337 g/mol. The van der Waals surface area contributed by atoms with Crippen molar-refractivity contribution in [2.75, 3.05) is 20.2 Å². The van der Waals surface area contributed by atoms with Crippen molar-refractivity contribution in [1.29, 1.82) is 0 Å². The third-order valence-electron chi connectivity index (χ3n) is 3.00. The van der Waals surface area contributed by atoms with Gasteiger partial charge >= 0.3 is 0 Å². The van der Waals surface area contributed by atoms with Crippen LogP contribution in [0.4, 0.5) is 0 Å². The predicted octanol–water partition coefficient (Wildman–Crippen LogP) is 3.24. The predicted molar refractivity (Wildman–Crippen MR) is 82.1 cm³/mol. The van der Waals surface area contributed by atoms with Crippen molar-refractivity contribution in [2.24, 2.45) is 0 Å². The molecule has 2 aromatic rings. The summed E-state index contributed by atoms with van der Waals surface area (Å²) in [6.07, 6.45) is 1.74. The number of amides is 1. The van der Waals surface area contributed by atoms with Crippen LogP contribution in [0.25, 0.3) is 0 Å². The SMILES string of the molecule is Cc1ccccc1OCCN(C)C(=O)c1cc(Br)c[nH]1. The largest absolute Gasteiger partial charge is 0.491 e. The number of likely N-dealkylation sites (N-methyl/N-ethyl adjacent to an activating group) is 1. The van der Waals surface area contributed by atoms with Crippen molar-refractivity contribution in [3.63, 3.8) is 0 Å². The molecule has 4 nitrogen and oxygen atoms in total. The van der Waals surface area contributed by atoms with Crippen LogP contribution in [0.2, 0.25) is 0 Å². The van der Waals surface area contributed by atoms with Crippen LogP contribution in [0.5, 0.6) is 5.75 Å². The van der Waals surface area contributed by atoms with E-state index in [0.717, 1.165) is 15.8 Å². The van der Waals surface area contributed by atoms with Gasteiger partial charge in [-0.2, -0.15) is 0 Å². The van der Waals surface area contributed by atoms with Gasteiger partial charge in [0.1, 0.15) is 18.1 Å². The Morgan fingerprint density at radius 1 is 1.40 bits per heavy atom. The zero-order valence-corrected chi connectivity index (χ0v) is 13.1. The van der Waals surface area contributed by atoms with E-state index in [-0.39, 0.29) is 5.91 Å². The van der Waals surface area contributed by atoms with E-state index in [2.05, 4.69) is 20.9 Å². The molecule has 0 atom stereocenters. The minimum Gasteiger partial charge on any atom is -0.491 e. The average Bonchev–Trinajstić information content (AvgIpc) is 2.86. The fourth-order valence-electron chi connectivity index (χ4n) is 1.81. The normalized spacial score (nSPS) is 10.3. The third kappa shape index (κ3) is 3.63. The molecule has 0 unspecified atom stereocenters. The minimum atomic E-state index is -0.0518. The second-order valence-corrected chi connectivity index (χ2v) is 5.49. The maximum atomic E-state index is 12.1. The van der Waals surface area contributed by atoms with Gasteiger partial charge in [0.25, 0.3) is 5.91 Å². The van der Waals surface area contributed by atoms with E-state index in [1.54, 1.807) is 24.2 Å². The van der Waals surface area contributed by atoms with E-state index in [4.69, 9.17) is 4.74 Å². The molecule has 5 heteroatoms. The van der Waals surface area contributed by atoms with Crippen molar-refractivity contribution in [3.05, 3.63) is 52.3 Å². The van der Waals surface area contributed by atoms with Crippen molar-refractivity contribution >= 4 is 21.8 Å². The van der Waals surface area contributed by atoms with Crippen LogP contribution < -0.4 is 4.74 Å². The standard InChI is InChI=1S/C15H17BrN2O2/c1-11-5-3-4-6-14(11)20-8-7-18(2)15(19)13-9-12(16)10-17-13/h3-6,9-10,17H,7-8H2,1-2H3. The number of halogens is 1. The first-order valence-electron chi connectivity index (χ1n) is 6.36. The molecule has 0 aliphatic carbocycles. The number of aromatic amines is 1. The van der Waals surface area contributed by atoms with Crippen LogP contribution in [0.1, 0.15) is 16.1 Å². The highest BCUT2D eigenvalue weighted by molar-refractivity contribution is 9.10. The Kier molecular flexibility index (Phi) is 4.84. The first-order chi connectivity index (χ1) is 9.58. The lowest BCUT2D eigenvalue weighted by molar-refractivity contribution is 0.0768. The molecule has 1 amide bonds. The Hall–Kier alpha value is -1.75. The van der Waals surface area contributed by atoms with Crippen LogP contribution in [0.15, 0.2) is 41.0 Å². The Labute approximate surface area is 126 Å². The quantitative estimate of drug-likeness (QED) is 0.910. The maximum absolute atomic E-state index is 12.1. The van der Waals surface area contributed by atoms with Gasteiger partial charge in [0.2, 0.25) is 0 Å². The summed E-state index contributed by atoms with van der Waals surface area (Å²) in [6, 6.07) is 9.61. The van der Waals surface area contributed by atoms with Crippen molar-refractivity contribution in [3.8, 4) is 5.75 Å². The van der Waals surface area contributed by atoms with Crippen LogP contribution >= 0.6 is 15.9 Å². The molecule has 1 aromatic carbocycles. The summed E-state index contributed by atoms with van der Waals surface area (Å²) in [5.41, 5.74) is 1.66. The van der Waals surface area contributed by atoms with Gasteiger partial charge in [0.05, 0.1) is 6.54 Å². The Morgan fingerprint density at radius 3 is 2.80 bits per heavy atom. The number of hydrogen-bond acceptors (Lipinski definition) is 2. The number of carbonyl (C=O) groups excluding carboxylic acids is 1. The second-order valence-electron chi connectivity index (χ2n) is 4.57. The van der Waals surface area contributed by atoms with E-state index in [1.807, 2.05) is 31.2 Å². The highest BCUT2D eigenvalue weighted by Gasteiger charge is 2.13. The van der Waals surface area contributed by atoms with Crippen LogP contribution in [0, 0.1) is 6.92 Å². The van der Waals surface area contributed by atoms with Gasteiger partial charge < -0.3 is 14.6 Å². The lowest BCUT2D eigenvalue weighted by atomic mass is 10.2. The molecule has 2 rings (SSSR count). The molecule has 20 heavy (non-hydrogen) atoms. The molecule has 0 saturated heterocycles. The minimum absolute atomic E-state index is 0.0518. The number of para-hydroxylation sites is 1. The Bertz CT molecular complexity index is 595. The molecule has 1 N–H and O–H groups in total. The van der Waals surface area contributed by atoms with Crippen LogP contribution in [-0.2, 0) is 0 Å². The smallest absolute Gasteiger partial charge is 0.270 e. The summed E-state index contributed by atoms with van der Waals surface area (Å²) in [6.45, 7) is 3.00. The molecule has 1 heterocycles. The van der Waals surface area contributed by atoms with Crippen LogP contribution in [0.3, 0.4) is 0 Å².